The first-order valence-electron chi connectivity index (χ1n) is 8.24. The molecule has 0 spiro atoms. The van der Waals surface area contributed by atoms with Crippen LogP contribution in [0.15, 0.2) is 41.7 Å². The van der Waals surface area contributed by atoms with Crippen molar-refractivity contribution in [1.82, 2.24) is 20.0 Å². The summed E-state index contributed by atoms with van der Waals surface area (Å²) in [7, 11) is 3.69. The average molecular weight is 466 g/mol. The summed E-state index contributed by atoms with van der Waals surface area (Å²) in [5.74, 6) is 0.849. The van der Waals surface area contributed by atoms with Gasteiger partial charge in [0, 0.05) is 38.9 Å². The standard InChI is InChI=1S/C18H22N6O.HI/c1-20-18(21-10-15-5-3-14(9-19)4-6-15)24-7-8-25-17(13-24)16-11-22-23(2)12-16;/h3-6,11-12,17H,7-8,10,13H2,1-2H3,(H,20,21);1H. The Morgan fingerprint density at radius 1 is 1.42 bits per heavy atom. The van der Waals surface area contributed by atoms with Crippen molar-refractivity contribution in [2.45, 2.75) is 12.6 Å². The molecule has 2 heterocycles. The van der Waals surface area contributed by atoms with Gasteiger partial charge in [-0.05, 0) is 17.7 Å². The quantitative estimate of drug-likeness (QED) is 0.426. The van der Waals surface area contributed by atoms with Gasteiger partial charge in [0.25, 0.3) is 0 Å². The molecule has 1 unspecified atom stereocenters. The second kappa shape index (κ2) is 9.54. The van der Waals surface area contributed by atoms with Crippen LogP contribution in [-0.4, -0.2) is 47.4 Å². The Bertz CT molecular complexity index is 780. The van der Waals surface area contributed by atoms with Crippen LogP contribution in [0.3, 0.4) is 0 Å². The number of hydrogen-bond acceptors (Lipinski definition) is 4. The summed E-state index contributed by atoms with van der Waals surface area (Å²) in [5.41, 5.74) is 2.85. The molecule has 0 aliphatic carbocycles. The third-order valence-corrected chi connectivity index (χ3v) is 4.21. The van der Waals surface area contributed by atoms with E-state index in [1.54, 1.807) is 11.7 Å². The highest BCUT2D eigenvalue weighted by Gasteiger charge is 2.25. The zero-order chi connectivity index (χ0) is 17.6. The van der Waals surface area contributed by atoms with Crippen molar-refractivity contribution < 1.29 is 4.74 Å². The SMILES string of the molecule is CN=C(NCc1ccc(C#N)cc1)N1CCOC(c2cnn(C)c2)C1.I. The summed E-state index contributed by atoms with van der Waals surface area (Å²) < 4.78 is 7.67. The van der Waals surface area contributed by atoms with Crippen LogP contribution < -0.4 is 5.32 Å². The van der Waals surface area contributed by atoms with Crippen molar-refractivity contribution in [3.8, 4) is 6.07 Å². The summed E-state index contributed by atoms with van der Waals surface area (Å²) in [6.45, 7) is 2.84. The van der Waals surface area contributed by atoms with Crippen molar-refractivity contribution in [1.29, 1.82) is 5.26 Å². The Balaban J connectivity index is 0.00000243. The van der Waals surface area contributed by atoms with Gasteiger partial charge in [0.1, 0.15) is 6.10 Å². The average Bonchev–Trinajstić information content (AvgIpc) is 3.09. The van der Waals surface area contributed by atoms with Gasteiger partial charge in [0.15, 0.2) is 5.96 Å². The summed E-state index contributed by atoms with van der Waals surface area (Å²) >= 11 is 0. The van der Waals surface area contributed by atoms with E-state index in [1.165, 1.54) is 0 Å². The molecule has 1 aliphatic heterocycles. The number of guanidine groups is 1. The van der Waals surface area contributed by atoms with Gasteiger partial charge in [0.05, 0.1) is 31.0 Å². The monoisotopic (exact) mass is 466 g/mol. The molecule has 1 fully saturated rings. The zero-order valence-corrected chi connectivity index (χ0v) is 17.3. The number of morpholine rings is 1. The third-order valence-electron chi connectivity index (χ3n) is 4.21. The van der Waals surface area contributed by atoms with Gasteiger partial charge in [-0.1, -0.05) is 12.1 Å². The maximum Gasteiger partial charge on any atom is 0.194 e. The third kappa shape index (κ3) is 4.95. The molecule has 0 saturated carbocycles. The van der Waals surface area contributed by atoms with Crippen molar-refractivity contribution in [3.05, 3.63) is 53.3 Å². The molecule has 0 amide bonds. The fraction of sp³-hybridized carbons (Fsp3) is 0.389. The minimum absolute atomic E-state index is 0. The molecule has 7 nitrogen and oxygen atoms in total. The van der Waals surface area contributed by atoms with Gasteiger partial charge >= 0.3 is 0 Å². The van der Waals surface area contributed by atoms with E-state index < -0.39 is 0 Å². The van der Waals surface area contributed by atoms with Crippen molar-refractivity contribution in [2.75, 3.05) is 26.7 Å². The molecule has 1 aromatic carbocycles. The van der Waals surface area contributed by atoms with Crippen molar-refractivity contribution >= 4 is 29.9 Å². The molecule has 0 radical (unpaired) electrons. The number of halogens is 1. The molecule has 1 aromatic heterocycles. The van der Waals surface area contributed by atoms with E-state index in [-0.39, 0.29) is 30.1 Å². The number of nitrogens with one attached hydrogen (secondary N) is 1. The van der Waals surface area contributed by atoms with Gasteiger partial charge < -0.3 is 15.0 Å². The van der Waals surface area contributed by atoms with Gasteiger partial charge in [-0.15, -0.1) is 24.0 Å². The predicted octanol–water partition coefficient (Wildman–Crippen LogP) is 2.06. The van der Waals surface area contributed by atoms with Crippen LogP contribution in [0.2, 0.25) is 0 Å². The van der Waals surface area contributed by atoms with Crippen LogP contribution in [-0.2, 0) is 18.3 Å². The van der Waals surface area contributed by atoms with Crippen LogP contribution in [0.5, 0.6) is 0 Å². The Morgan fingerprint density at radius 2 is 2.19 bits per heavy atom. The molecule has 26 heavy (non-hydrogen) atoms. The predicted molar refractivity (Wildman–Crippen MR) is 110 cm³/mol. The van der Waals surface area contributed by atoms with Crippen molar-refractivity contribution in [3.63, 3.8) is 0 Å². The molecule has 1 saturated heterocycles. The fourth-order valence-corrected chi connectivity index (χ4v) is 2.86. The highest BCUT2D eigenvalue weighted by molar-refractivity contribution is 14.0. The van der Waals surface area contributed by atoms with Crippen LogP contribution in [0.1, 0.15) is 22.8 Å². The minimum atomic E-state index is -0.00379. The summed E-state index contributed by atoms with van der Waals surface area (Å²) in [6.07, 6.45) is 3.83. The largest absolute Gasteiger partial charge is 0.370 e. The Morgan fingerprint density at radius 3 is 2.81 bits per heavy atom. The lowest BCUT2D eigenvalue weighted by Crippen LogP contribution is -2.47. The number of hydrogen-bond donors (Lipinski definition) is 1. The van der Waals surface area contributed by atoms with E-state index in [4.69, 9.17) is 10.00 Å². The van der Waals surface area contributed by atoms with E-state index in [0.29, 0.717) is 18.7 Å². The molecular weight excluding hydrogens is 443 g/mol. The molecule has 1 aliphatic rings. The second-order valence-corrected chi connectivity index (χ2v) is 5.96. The first-order valence-corrected chi connectivity index (χ1v) is 8.24. The zero-order valence-electron chi connectivity index (χ0n) is 14.9. The van der Waals surface area contributed by atoms with E-state index >= 15 is 0 Å². The lowest BCUT2D eigenvalue weighted by atomic mass is 10.1. The number of aryl methyl sites for hydroxylation is 1. The molecule has 3 rings (SSSR count). The van der Waals surface area contributed by atoms with Gasteiger partial charge in [-0.25, -0.2) is 0 Å². The number of benzene rings is 1. The van der Waals surface area contributed by atoms with E-state index in [1.807, 2.05) is 43.7 Å². The van der Waals surface area contributed by atoms with E-state index in [0.717, 1.165) is 30.2 Å². The maximum atomic E-state index is 8.87. The lowest BCUT2D eigenvalue weighted by molar-refractivity contribution is -0.00805. The Labute approximate surface area is 170 Å². The van der Waals surface area contributed by atoms with Gasteiger partial charge in [-0.3, -0.25) is 9.67 Å². The van der Waals surface area contributed by atoms with Crippen LogP contribution >= 0.6 is 24.0 Å². The number of aliphatic imine (C=N–C) groups is 1. The fourth-order valence-electron chi connectivity index (χ4n) is 2.86. The second-order valence-electron chi connectivity index (χ2n) is 5.96. The first-order chi connectivity index (χ1) is 12.2. The number of rotatable bonds is 3. The van der Waals surface area contributed by atoms with Gasteiger partial charge in [0.2, 0.25) is 0 Å². The minimum Gasteiger partial charge on any atom is -0.370 e. The van der Waals surface area contributed by atoms with Crippen LogP contribution in [0.4, 0.5) is 0 Å². The molecule has 2 aromatic rings. The van der Waals surface area contributed by atoms with Crippen molar-refractivity contribution in [2.24, 2.45) is 12.0 Å². The molecule has 1 atom stereocenters. The molecule has 138 valence electrons. The molecular formula is C18H23IN6O. The van der Waals surface area contributed by atoms with Gasteiger partial charge in [-0.2, -0.15) is 10.4 Å². The number of ether oxygens (including phenoxy) is 1. The lowest BCUT2D eigenvalue weighted by Gasteiger charge is -2.34. The Kier molecular flexibility index (Phi) is 7.41. The topological polar surface area (TPSA) is 78.5 Å². The normalized spacial score (nSPS) is 17.3. The smallest absolute Gasteiger partial charge is 0.194 e. The molecule has 1 N–H and O–H groups in total. The highest BCUT2D eigenvalue weighted by Crippen LogP contribution is 2.21. The maximum absolute atomic E-state index is 8.87. The molecule has 0 bridgehead atoms. The van der Waals surface area contributed by atoms with E-state index in [2.05, 4.69) is 26.4 Å². The van der Waals surface area contributed by atoms with Crippen LogP contribution in [0.25, 0.3) is 0 Å². The first kappa shape index (κ1) is 20.2. The number of nitrogens with zero attached hydrogens (tertiary/aromatic N) is 5. The summed E-state index contributed by atoms with van der Waals surface area (Å²) in [5, 5.41) is 16.5. The number of aromatic nitrogens is 2. The van der Waals surface area contributed by atoms with Crippen LogP contribution in [0, 0.1) is 11.3 Å². The summed E-state index contributed by atoms with van der Waals surface area (Å²) in [4.78, 5) is 6.60. The molecule has 8 heteroatoms. The summed E-state index contributed by atoms with van der Waals surface area (Å²) in [6, 6.07) is 9.69. The highest BCUT2D eigenvalue weighted by atomic mass is 127. The Hall–Kier alpha value is -2.12. The number of nitriles is 1. The van der Waals surface area contributed by atoms with E-state index in [9.17, 15) is 0 Å².